The molecule has 0 unspecified atom stereocenters. The van der Waals surface area contributed by atoms with Gasteiger partial charge in [0.05, 0.1) is 6.54 Å². The highest BCUT2D eigenvalue weighted by molar-refractivity contribution is 4.72. The lowest BCUT2D eigenvalue weighted by Crippen LogP contribution is -2.38. The zero-order chi connectivity index (χ0) is 11.1. The molecule has 0 atom stereocenters. The summed E-state index contributed by atoms with van der Waals surface area (Å²) < 4.78 is 24.6. The van der Waals surface area contributed by atoms with Crippen LogP contribution in [0.25, 0.3) is 0 Å². The molecule has 0 aromatic carbocycles. The van der Waals surface area contributed by atoms with Gasteiger partial charge in [-0.2, -0.15) is 0 Å². The van der Waals surface area contributed by atoms with Gasteiger partial charge in [-0.3, -0.25) is 4.90 Å². The van der Waals surface area contributed by atoms with Gasteiger partial charge >= 0.3 is 0 Å². The topological polar surface area (TPSA) is 15.3 Å². The molecule has 15 heavy (non-hydrogen) atoms. The monoisotopic (exact) mass is 220 g/mol. The molecule has 0 aliphatic carbocycles. The zero-order valence-electron chi connectivity index (χ0n) is 9.51. The van der Waals surface area contributed by atoms with Crippen LogP contribution < -0.4 is 5.32 Å². The van der Waals surface area contributed by atoms with Gasteiger partial charge in [0.15, 0.2) is 0 Å². The first-order valence-corrected chi connectivity index (χ1v) is 5.93. The normalized spacial score (nSPS) is 19.0. The van der Waals surface area contributed by atoms with Crippen molar-refractivity contribution in [2.75, 3.05) is 32.7 Å². The first-order chi connectivity index (χ1) is 7.22. The fraction of sp³-hybridized carbons (Fsp3) is 1.00. The Kier molecular flexibility index (Phi) is 6.10. The predicted molar refractivity (Wildman–Crippen MR) is 58.3 cm³/mol. The molecule has 1 aliphatic heterocycles. The molecule has 0 amide bonds. The van der Waals surface area contributed by atoms with E-state index in [2.05, 4.69) is 5.32 Å². The van der Waals surface area contributed by atoms with Crippen LogP contribution in [0.2, 0.25) is 0 Å². The van der Waals surface area contributed by atoms with Crippen LogP contribution in [0.4, 0.5) is 8.78 Å². The summed E-state index contributed by atoms with van der Waals surface area (Å²) in [6.07, 6.45) is 1.02. The highest BCUT2D eigenvalue weighted by Crippen LogP contribution is 2.14. The van der Waals surface area contributed by atoms with Crippen LogP contribution in [-0.4, -0.2) is 44.0 Å². The molecule has 1 fully saturated rings. The van der Waals surface area contributed by atoms with E-state index in [-0.39, 0.29) is 6.54 Å². The molecule has 0 aromatic rings. The fourth-order valence-electron chi connectivity index (χ4n) is 2.20. The van der Waals surface area contributed by atoms with E-state index in [1.54, 1.807) is 0 Å². The average Bonchev–Trinajstić information content (AvgIpc) is 2.18. The summed E-state index contributed by atoms with van der Waals surface area (Å²) in [5.74, 6) is 0.608. The van der Waals surface area contributed by atoms with Crippen LogP contribution in [0.5, 0.6) is 0 Å². The Morgan fingerprint density at radius 1 is 1.33 bits per heavy atom. The number of halogens is 2. The van der Waals surface area contributed by atoms with E-state index in [1.165, 1.54) is 0 Å². The summed E-state index contributed by atoms with van der Waals surface area (Å²) in [5, 5.41) is 3.29. The van der Waals surface area contributed by atoms with Gasteiger partial charge in [0.25, 0.3) is 6.43 Å². The number of hydrogen-bond acceptors (Lipinski definition) is 2. The average molecular weight is 220 g/mol. The van der Waals surface area contributed by atoms with Crippen LogP contribution in [0, 0.1) is 5.92 Å². The minimum Gasteiger partial charge on any atom is -0.317 e. The summed E-state index contributed by atoms with van der Waals surface area (Å²) >= 11 is 0. The maximum atomic E-state index is 12.3. The molecule has 1 saturated heterocycles. The largest absolute Gasteiger partial charge is 0.317 e. The van der Waals surface area contributed by atoms with E-state index in [1.807, 2.05) is 11.8 Å². The van der Waals surface area contributed by atoms with Crippen molar-refractivity contribution in [2.24, 2.45) is 5.92 Å². The third-order valence-electron chi connectivity index (χ3n) is 2.91. The van der Waals surface area contributed by atoms with Gasteiger partial charge in [0.2, 0.25) is 0 Å². The lowest BCUT2D eigenvalue weighted by atomic mass is 9.97. The third kappa shape index (κ3) is 5.42. The van der Waals surface area contributed by atoms with Crippen molar-refractivity contribution in [3.05, 3.63) is 0 Å². The minimum atomic E-state index is -2.20. The quantitative estimate of drug-likeness (QED) is 0.736. The SMILES string of the molecule is CCCN(CC(F)F)CC1CCNCC1. The molecule has 90 valence electrons. The third-order valence-corrected chi connectivity index (χ3v) is 2.91. The van der Waals surface area contributed by atoms with Gasteiger partial charge in [0, 0.05) is 6.54 Å². The molecule has 0 aromatic heterocycles. The lowest BCUT2D eigenvalue weighted by Gasteiger charge is -2.29. The van der Waals surface area contributed by atoms with E-state index in [0.29, 0.717) is 5.92 Å². The summed E-state index contributed by atoms with van der Waals surface area (Å²) in [6, 6.07) is 0. The Bertz CT molecular complexity index is 159. The van der Waals surface area contributed by atoms with E-state index >= 15 is 0 Å². The van der Waals surface area contributed by atoms with Crippen molar-refractivity contribution >= 4 is 0 Å². The molecule has 0 saturated carbocycles. The van der Waals surface area contributed by atoms with Crippen LogP contribution in [0.3, 0.4) is 0 Å². The Morgan fingerprint density at radius 3 is 2.53 bits per heavy atom. The number of nitrogens with one attached hydrogen (secondary N) is 1. The van der Waals surface area contributed by atoms with Crippen molar-refractivity contribution < 1.29 is 8.78 Å². The summed E-state index contributed by atoms with van der Waals surface area (Å²) in [5.41, 5.74) is 0. The molecule has 1 N–H and O–H groups in total. The van der Waals surface area contributed by atoms with Crippen molar-refractivity contribution in [3.63, 3.8) is 0 Å². The van der Waals surface area contributed by atoms with Crippen molar-refractivity contribution in [3.8, 4) is 0 Å². The first-order valence-electron chi connectivity index (χ1n) is 5.93. The molecule has 1 rings (SSSR count). The smallest absolute Gasteiger partial charge is 0.251 e. The number of piperidine rings is 1. The Balaban J connectivity index is 2.28. The summed E-state index contributed by atoms with van der Waals surface area (Å²) in [4.78, 5) is 1.92. The van der Waals surface area contributed by atoms with Gasteiger partial charge in [-0.15, -0.1) is 0 Å². The van der Waals surface area contributed by atoms with Gasteiger partial charge in [0.1, 0.15) is 0 Å². The number of alkyl halides is 2. The van der Waals surface area contributed by atoms with Crippen LogP contribution >= 0.6 is 0 Å². The maximum Gasteiger partial charge on any atom is 0.251 e. The fourth-order valence-corrected chi connectivity index (χ4v) is 2.20. The van der Waals surface area contributed by atoms with E-state index in [0.717, 1.165) is 45.4 Å². The van der Waals surface area contributed by atoms with Gasteiger partial charge < -0.3 is 5.32 Å². The second-order valence-electron chi connectivity index (χ2n) is 4.34. The molecular formula is C11H22F2N2. The highest BCUT2D eigenvalue weighted by atomic mass is 19.3. The van der Waals surface area contributed by atoms with E-state index in [9.17, 15) is 8.78 Å². The minimum absolute atomic E-state index is 0.0578. The number of nitrogens with zero attached hydrogens (tertiary/aromatic N) is 1. The summed E-state index contributed by atoms with van der Waals surface area (Å²) in [6.45, 7) is 5.71. The maximum absolute atomic E-state index is 12.3. The standard InChI is InChI=1S/C11H22F2N2/c1-2-7-15(9-11(12)13)8-10-3-5-14-6-4-10/h10-11,14H,2-9H2,1H3. The highest BCUT2D eigenvalue weighted by Gasteiger charge is 2.18. The van der Waals surface area contributed by atoms with Gasteiger partial charge in [-0.25, -0.2) is 8.78 Å². The van der Waals surface area contributed by atoms with Crippen LogP contribution in [0.15, 0.2) is 0 Å². The van der Waals surface area contributed by atoms with Crippen molar-refractivity contribution in [2.45, 2.75) is 32.6 Å². The van der Waals surface area contributed by atoms with E-state index < -0.39 is 6.43 Å². The molecule has 1 heterocycles. The second kappa shape index (κ2) is 7.12. The molecule has 4 heteroatoms. The Labute approximate surface area is 91.0 Å². The first kappa shape index (κ1) is 12.8. The molecule has 0 bridgehead atoms. The van der Waals surface area contributed by atoms with Gasteiger partial charge in [-0.05, 0) is 44.8 Å². The summed E-state index contributed by atoms with van der Waals surface area (Å²) in [7, 11) is 0. The molecule has 2 nitrogen and oxygen atoms in total. The molecular weight excluding hydrogens is 198 g/mol. The molecule has 0 radical (unpaired) electrons. The number of rotatable bonds is 6. The lowest BCUT2D eigenvalue weighted by molar-refractivity contribution is 0.0766. The number of hydrogen-bond donors (Lipinski definition) is 1. The predicted octanol–water partition coefficient (Wildman–Crippen LogP) is 1.96. The van der Waals surface area contributed by atoms with Crippen LogP contribution in [0.1, 0.15) is 26.2 Å². The van der Waals surface area contributed by atoms with Gasteiger partial charge in [-0.1, -0.05) is 6.92 Å². The van der Waals surface area contributed by atoms with Crippen molar-refractivity contribution in [1.29, 1.82) is 0 Å². The van der Waals surface area contributed by atoms with E-state index in [4.69, 9.17) is 0 Å². The Hall–Kier alpha value is -0.220. The second-order valence-corrected chi connectivity index (χ2v) is 4.34. The van der Waals surface area contributed by atoms with Crippen molar-refractivity contribution in [1.82, 2.24) is 10.2 Å². The molecule has 0 spiro atoms. The Morgan fingerprint density at radius 2 is 2.00 bits per heavy atom. The van der Waals surface area contributed by atoms with Crippen LogP contribution in [-0.2, 0) is 0 Å². The zero-order valence-corrected chi connectivity index (χ0v) is 9.51. The molecule has 1 aliphatic rings.